The van der Waals surface area contributed by atoms with Crippen LogP contribution in [0.3, 0.4) is 0 Å². The highest BCUT2D eigenvalue weighted by Crippen LogP contribution is 2.03. The molecule has 0 fully saturated rings. The van der Waals surface area contributed by atoms with E-state index < -0.39 is 36.9 Å². The van der Waals surface area contributed by atoms with E-state index in [1.807, 2.05) is 0 Å². The first-order chi connectivity index (χ1) is 9.41. The van der Waals surface area contributed by atoms with Gasteiger partial charge < -0.3 is 24.3 Å². The first kappa shape index (κ1) is 18.0. The molecule has 0 unspecified atom stereocenters. The number of rotatable bonds is 7. The largest absolute Gasteiger partial charge is 0.428 e. The Bertz CT molecular complexity index is 325. The standard InChI is InChI=1S/C10H15NO8S/c1-7(12)16-5-18-9(14)11-3-4-20-10(15)19-6-17-8(2)13/h3-6H2,1-2H3,(H,11,14). The summed E-state index contributed by atoms with van der Waals surface area (Å²) >= 11 is 0.791. The minimum Gasteiger partial charge on any atom is -0.428 e. The monoisotopic (exact) mass is 309 g/mol. The third kappa shape index (κ3) is 12.5. The van der Waals surface area contributed by atoms with Gasteiger partial charge in [-0.2, -0.15) is 0 Å². The molecule has 10 heteroatoms. The van der Waals surface area contributed by atoms with Crippen LogP contribution in [0, 0.1) is 0 Å². The van der Waals surface area contributed by atoms with Crippen molar-refractivity contribution in [1.29, 1.82) is 0 Å². The van der Waals surface area contributed by atoms with Crippen LogP contribution in [0.25, 0.3) is 0 Å². The number of esters is 2. The van der Waals surface area contributed by atoms with E-state index in [0.29, 0.717) is 0 Å². The molecule has 0 atom stereocenters. The van der Waals surface area contributed by atoms with Gasteiger partial charge in [-0.25, -0.2) is 9.59 Å². The number of alkyl carbamates (subject to hydrolysis) is 1. The van der Waals surface area contributed by atoms with Gasteiger partial charge in [-0.15, -0.1) is 0 Å². The van der Waals surface area contributed by atoms with E-state index in [-0.39, 0.29) is 12.3 Å². The minimum absolute atomic E-state index is 0.145. The molecular formula is C10H15NO8S. The fraction of sp³-hybridized carbons (Fsp3) is 0.600. The number of thioether (sulfide) groups is 1. The van der Waals surface area contributed by atoms with Gasteiger partial charge in [-0.3, -0.25) is 9.59 Å². The quantitative estimate of drug-likeness (QED) is 0.410. The molecule has 20 heavy (non-hydrogen) atoms. The summed E-state index contributed by atoms with van der Waals surface area (Å²) in [6, 6.07) is 0. The van der Waals surface area contributed by atoms with E-state index >= 15 is 0 Å². The van der Waals surface area contributed by atoms with E-state index in [2.05, 4.69) is 24.3 Å². The third-order valence-corrected chi connectivity index (χ3v) is 2.24. The first-order valence-electron chi connectivity index (χ1n) is 5.38. The molecule has 1 amide bonds. The normalized spacial score (nSPS) is 9.30. The van der Waals surface area contributed by atoms with Crippen LogP contribution >= 0.6 is 11.8 Å². The molecule has 0 bridgehead atoms. The summed E-state index contributed by atoms with van der Waals surface area (Å²) in [5.74, 6) is -0.884. The van der Waals surface area contributed by atoms with Crippen LogP contribution in [-0.4, -0.2) is 49.2 Å². The van der Waals surface area contributed by atoms with Gasteiger partial charge in [0, 0.05) is 26.1 Å². The number of carbonyl (C=O) groups excluding carboxylic acids is 4. The average molecular weight is 309 g/mol. The lowest BCUT2D eigenvalue weighted by atomic mass is 10.7. The van der Waals surface area contributed by atoms with Crippen LogP contribution in [0.2, 0.25) is 0 Å². The molecule has 1 N–H and O–H groups in total. The van der Waals surface area contributed by atoms with Crippen molar-refractivity contribution in [3.63, 3.8) is 0 Å². The number of hydrogen-bond acceptors (Lipinski definition) is 9. The van der Waals surface area contributed by atoms with Crippen LogP contribution in [0.1, 0.15) is 13.8 Å². The lowest BCUT2D eigenvalue weighted by molar-refractivity contribution is -0.149. The topological polar surface area (TPSA) is 117 Å². The van der Waals surface area contributed by atoms with Crippen molar-refractivity contribution in [2.75, 3.05) is 25.9 Å². The second-order valence-corrected chi connectivity index (χ2v) is 4.14. The number of ether oxygens (including phenoxy) is 4. The molecule has 0 aliphatic carbocycles. The lowest BCUT2D eigenvalue weighted by Crippen LogP contribution is -2.28. The van der Waals surface area contributed by atoms with Crippen LogP contribution in [-0.2, 0) is 28.5 Å². The summed E-state index contributed by atoms with van der Waals surface area (Å²) in [4.78, 5) is 42.8. The molecule has 0 aromatic carbocycles. The van der Waals surface area contributed by atoms with E-state index in [4.69, 9.17) is 0 Å². The average Bonchev–Trinajstić information content (AvgIpc) is 2.33. The second kappa shape index (κ2) is 10.9. The van der Waals surface area contributed by atoms with Crippen molar-refractivity contribution in [2.45, 2.75) is 13.8 Å². The predicted molar refractivity (Wildman–Crippen MR) is 66.7 cm³/mol. The van der Waals surface area contributed by atoms with Crippen molar-refractivity contribution in [1.82, 2.24) is 5.32 Å². The smallest absolute Gasteiger partial charge is 0.410 e. The molecule has 9 nitrogen and oxygen atoms in total. The Labute approximate surface area is 119 Å². The van der Waals surface area contributed by atoms with Crippen LogP contribution in [0.4, 0.5) is 9.59 Å². The van der Waals surface area contributed by atoms with Gasteiger partial charge in [-0.05, 0) is 11.8 Å². The highest BCUT2D eigenvalue weighted by Gasteiger charge is 2.06. The summed E-state index contributed by atoms with van der Waals surface area (Å²) < 4.78 is 17.8. The van der Waals surface area contributed by atoms with Crippen LogP contribution in [0.5, 0.6) is 0 Å². The van der Waals surface area contributed by atoms with Crippen molar-refractivity contribution in [3.8, 4) is 0 Å². The lowest BCUT2D eigenvalue weighted by Gasteiger charge is -2.06. The predicted octanol–water partition coefficient (Wildman–Crippen LogP) is 0.624. The highest BCUT2D eigenvalue weighted by atomic mass is 32.2. The first-order valence-corrected chi connectivity index (χ1v) is 6.37. The zero-order valence-corrected chi connectivity index (χ0v) is 11.8. The Morgan fingerprint density at radius 3 is 2.00 bits per heavy atom. The summed E-state index contributed by atoms with van der Waals surface area (Å²) in [7, 11) is 0. The van der Waals surface area contributed by atoms with Gasteiger partial charge >= 0.3 is 23.3 Å². The van der Waals surface area contributed by atoms with Gasteiger partial charge in [0.1, 0.15) is 0 Å². The summed E-state index contributed by atoms with van der Waals surface area (Å²) in [6.45, 7) is 1.59. The zero-order chi connectivity index (χ0) is 15.4. The summed E-state index contributed by atoms with van der Waals surface area (Å²) in [5, 5.41) is 1.68. The molecule has 0 aliphatic rings. The number of hydrogen-bond donors (Lipinski definition) is 1. The molecule has 114 valence electrons. The Balaban J connectivity index is 3.46. The molecule has 0 saturated heterocycles. The van der Waals surface area contributed by atoms with Crippen LogP contribution in [0.15, 0.2) is 0 Å². The Hall–Kier alpha value is -1.97. The zero-order valence-electron chi connectivity index (χ0n) is 11.0. The number of nitrogens with one attached hydrogen (secondary N) is 1. The molecule has 0 aliphatic heterocycles. The van der Waals surface area contributed by atoms with Gasteiger partial charge in [0.15, 0.2) is 0 Å². The Morgan fingerprint density at radius 1 is 0.900 bits per heavy atom. The Kier molecular flexibility index (Phi) is 9.83. The SMILES string of the molecule is CC(=O)OCOC(=O)NCCSC(=O)OCOC(C)=O. The van der Waals surface area contributed by atoms with Crippen molar-refractivity contribution >= 4 is 35.1 Å². The molecule has 0 radical (unpaired) electrons. The van der Waals surface area contributed by atoms with Gasteiger partial charge in [0.05, 0.1) is 0 Å². The highest BCUT2D eigenvalue weighted by molar-refractivity contribution is 8.13. The Morgan fingerprint density at radius 2 is 1.45 bits per heavy atom. The molecule has 0 aromatic rings. The maximum absolute atomic E-state index is 11.1. The molecule has 0 rings (SSSR count). The molecular weight excluding hydrogens is 294 g/mol. The molecule has 0 spiro atoms. The second-order valence-electron chi connectivity index (χ2n) is 3.11. The third-order valence-electron chi connectivity index (χ3n) is 1.48. The molecule has 0 heterocycles. The van der Waals surface area contributed by atoms with Gasteiger partial charge in [0.2, 0.25) is 13.6 Å². The van der Waals surface area contributed by atoms with E-state index in [9.17, 15) is 19.2 Å². The fourth-order valence-electron chi connectivity index (χ4n) is 0.707. The van der Waals surface area contributed by atoms with Gasteiger partial charge in [-0.1, -0.05) is 0 Å². The van der Waals surface area contributed by atoms with Crippen molar-refractivity contribution in [3.05, 3.63) is 0 Å². The van der Waals surface area contributed by atoms with Crippen molar-refractivity contribution < 1.29 is 38.1 Å². The molecule has 0 aromatic heterocycles. The van der Waals surface area contributed by atoms with Crippen molar-refractivity contribution in [2.24, 2.45) is 0 Å². The maximum atomic E-state index is 11.1. The number of carbonyl (C=O) groups is 4. The van der Waals surface area contributed by atoms with E-state index in [1.54, 1.807) is 0 Å². The van der Waals surface area contributed by atoms with E-state index in [1.165, 1.54) is 13.8 Å². The number of amides is 1. The van der Waals surface area contributed by atoms with E-state index in [0.717, 1.165) is 11.8 Å². The summed E-state index contributed by atoms with van der Waals surface area (Å²) in [5.41, 5.74) is 0. The van der Waals surface area contributed by atoms with Gasteiger partial charge in [0.25, 0.3) is 0 Å². The van der Waals surface area contributed by atoms with Crippen LogP contribution < -0.4 is 5.32 Å². The fourth-order valence-corrected chi connectivity index (χ4v) is 1.21. The summed E-state index contributed by atoms with van der Waals surface area (Å²) in [6.07, 6.45) is -0.778. The maximum Gasteiger partial charge on any atom is 0.410 e. The minimum atomic E-state index is -0.778. The molecule has 0 saturated carbocycles.